The van der Waals surface area contributed by atoms with E-state index in [0.717, 1.165) is 43.5 Å². The Bertz CT molecular complexity index is 365. The van der Waals surface area contributed by atoms with Gasteiger partial charge in [-0.25, -0.2) is 4.98 Å². The van der Waals surface area contributed by atoms with Crippen LogP contribution in [0.5, 0.6) is 0 Å². The van der Waals surface area contributed by atoms with Crippen LogP contribution in [0, 0.1) is 5.92 Å². The second kappa shape index (κ2) is 8.46. The van der Waals surface area contributed by atoms with Gasteiger partial charge in [0.05, 0.1) is 6.20 Å². The summed E-state index contributed by atoms with van der Waals surface area (Å²) < 4.78 is 5.97. The van der Waals surface area contributed by atoms with Crippen molar-refractivity contribution in [3.05, 3.63) is 17.8 Å². The molecule has 0 aliphatic heterocycles. The summed E-state index contributed by atoms with van der Waals surface area (Å²) in [4.78, 5) is 4.46. The number of nitrogens with one attached hydrogen (secondary N) is 1. The summed E-state index contributed by atoms with van der Waals surface area (Å²) in [5, 5.41) is 3.46. The molecule has 0 unspecified atom stereocenters. The summed E-state index contributed by atoms with van der Waals surface area (Å²) in [7, 11) is 0. The molecule has 1 saturated carbocycles. The number of nitrogens with zero attached hydrogens (tertiary/aromatic N) is 1. The fourth-order valence-electron chi connectivity index (χ4n) is 2.95. The number of oxazole rings is 1. The predicted molar refractivity (Wildman–Crippen MR) is 83.0 cm³/mol. The van der Waals surface area contributed by atoms with Crippen LogP contribution in [0.1, 0.15) is 76.4 Å². The molecular formula is C17H30N2O. The molecule has 1 fully saturated rings. The minimum absolute atomic E-state index is 0.623. The highest BCUT2D eigenvalue weighted by atomic mass is 16.4. The van der Waals surface area contributed by atoms with Crippen molar-refractivity contribution < 1.29 is 4.42 Å². The van der Waals surface area contributed by atoms with Crippen LogP contribution in [0.4, 0.5) is 0 Å². The van der Waals surface area contributed by atoms with Crippen LogP contribution in [0.3, 0.4) is 0 Å². The van der Waals surface area contributed by atoms with Crippen molar-refractivity contribution in [2.75, 3.05) is 13.1 Å². The summed E-state index contributed by atoms with van der Waals surface area (Å²) in [6, 6.07) is 0. The van der Waals surface area contributed by atoms with Crippen LogP contribution in [0.25, 0.3) is 0 Å². The first-order valence-electron chi connectivity index (χ1n) is 8.41. The molecule has 1 aromatic rings. The molecule has 114 valence electrons. The van der Waals surface area contributed by atoms with Gasteiger partial charge in [-0.2, -0.15) is 0 Å². The minimum Gasteiger partial charge on any atom is -0.445 e. The third-order valence-corrected chi connectivity index (χ3v) is 4.13. The highest BCUT2D eigenvalue weighted by Gasteiger charge is 2.18. The molecule has 1 aromatic heterocycles. The number of hydrogen-bond acceptors (Lipinski definition) is 3. The fourth-order valence-corrected chi connectivity index (χ4v) is 2.95. The van der Waals surface area contributed by atoms with E-state index in [1.807, 2.05) is 6.20 Å². The zero-order chi connectivity index (χ0) is 14.2. The monoisotopic (exact) mass is 278 g/mol. The molecule has 20 heavy (non-hydrogen) atoms. The number of aryl methyl sites for hydroxylation is 1. The molecule has 0 aromatic carbocycles. The van der Waals surface area contributed by atoms with Crippen LogP contribution in [0.15, 0.2) is 10.6 Å². The Labute approximate surface area is 123 Å². The predicted octanol–water partition coefficient (Wildman–Crippen LogP) is 4.29. The smallest absolute Gasteiger partial charge is 0.194 e. The molecule has 1 N–H and O–H groups in total. The molecule has 3 nitrogen and oxygen atoms in total. The maximum Gasteiger partial charge on any atom is 0.194 e. The van der Waals surface area contributed by atoms with Gasteiger partial charge >= 0.3 is 0 Å². The van der Waals surface area contributed by atoms with Gasteiger partial charge in [0, 0.05) is 12.3 Å². The zero-order valence-electron chi connectivity index (χ0n) is 13.2. The fraction of sp³-hybridized carbons (Fsp3) is 0.824. The third kappa shape index (κ3) is 5.28. The molecule has 2 rings (SSSR count). The molecule has 0 amide bonds. The summed E-state index contributed by atoms with van der Waals surface area (Å²) in [6.07, 6.45) is 12.1. The topological polar surface area (TPSA) is 38.1 Å². The first kappa shape index (κ1) is 15.6. The van der Waals surface area contributed by atoms with Gasteiger partial charge in [-0.3, -0.25) is 0 Å². The molecular weight excluding hydrogens is 248 g/mol. The summed E-state index contributed by atoms with van der Waals surface area (Å²) >= 11 is 0. The minimum atomic E-state index is 0.623. The standard InChI is InChI=1S/C17H30N2O/c1-14(2)12-18-11-7-10-17-19-13-16(20-17)15-8-5-3-4-6-9-15/h13-15,18H,3-12H2,1-2H3. The summed E-state index contributed by atoms with van der Waals surface area (Å²) in [5.74, 6) is 3.41. The maximum atomic E-state index is 5.97. The van der Waals surface area contributed by atoms with Gasteiger partial charge in [0.25, 0.3) is 0 Å². The van der Waals surface area contributed by atoms with Crippen molar-refractivity contribution in [3.8, 4) is 0 Å². The van der Waals surface area contributed by atoms with E-state index in [0.29, 0.717) is 5.92 Å². The maximum absolute atomic E-state index is 5.97. The Balaban J connectivity index is 1.71. The van der Waals surface area contributed by atoms with E-state index in [4.69, 9.17) is 4.42 Å². The van der Waals surface area contributed by atoms with Crippen LogP contribution in [-0.4, -0.2) is 18.1 Å². The van der Waals surface area contributed by atoms with Crippen LogP contribution < -0.4 is 5.32 Å². The van der Waals surface area contributed by atoms with Gasteiger partial charge in [-0.1, -0.05) is 39.5 Å². The third-order valence-electron chi connectivity index (χ3n) is 4.13. The lowest BCUT2D eigenvalue weighted by Crippen LogP contribution is -2.21. The second-order valence-electron chi connectivity index (χ2n) is 6.55. The lowest BCUT2D eigenvalue weighted by Gasteiger charge is -2.09. The lowest BCUT2D eigenvalue weighted by molar-refractivity contribution is 0.399. The van der Waals surface area contributed by atoms with E-state index in [9.17, 15) is 0 Å². The van der Waals surface area contributed by atoms with Crippen LogP contribution in [0.2, 0.25) is 0 Å². The largest absolute Gasteiger partial charge is 0.445 e. The Hall–Kier alpha value is -0.830. The van der Waals surface area contributed by atoms with Crippen molar-refractivity contribution in [2.24, 2.45) is 5.92 Å². The van der Waals surface area contributed by atoms with Gasteiger partial charge in [0.1, 0.15) is 5.76 Å². The molecule has 0 spiro atoms. The average molecular weight is 278 g/mol. The Morgan fingerprint density at radius 1 is 1.25 bits per heavy atom. The average Bonchev–Trinajstić information content (AvgIpc) is 2.72. The van der Waals surface area contributed by atoms with Crippen LogP contribution >= 0.6 is 0 Å². The van der Waals surface area contributed by atoms with E-state index in [1.165, 1.54) is 38.5 Å². The molecule has 3 heteroatoms. The number of hydrogen-bond donors (Lipinski definition) is 1. The van der Waals surface area contributed by atoms with Crippen molar-refractivity contribution in [2.45, 2.75) is 71.1 Å². The molecule has 0 bridgehead atoms. The molecule has 0 atom stereocenters. The van der Waals surface area contributed by atoms with Gasteiger partial charge < -0.3 is 9.73 Å². The van der Waals surface area contributed by atoms with E-state index in [2.05, 4.69) is 24.1 Å². The van der Waals surface area contributed by atoms with Crippen molar-refractivity contribution in [1.82, 2.24) is 10.3 Å². The Morgan fingerprint density at radius 3 is 2.70 bits per heavy atom. The van der Waals surface area contributed by atoms with Crippen molar-refractivity contribution >= 4 is 0 Å². The first-order valence-corrected chi connectivity index (χ1v) is 8.41. The van der Waals surface area contributed by atoms with Gasteiger partial charge in [-0.05, 0) is 38.3 Å². The van der Waals surface area contributed by atoms with Gasteiger partial charge in [-0.15, -0.1) is 0 Å². The van der Waals surface area contributed by atoms with E-state index in [-0.39, 0.29) is 0 Å². The molecule has 0 saturated heterocycles. The zero-order valence-corrected chi connectivity index (χ0v) is 13.2. The van der Waals surface area contributed by atoms with Crippen molar-refractivity contribution in [3.63, 3.8) is 0 Å². The van der Waals surface area contributed by atoms with Gasteiger partial charge in [0.2, 0.25) is 0 Å². The van der Waals surface area contributed by atoms with E-state index in [1.54, 1.807) is 0 Å². The van der Waals surface area contributed by atoms with E-state index < -0.39 is 0 Å². The first-order chi connectivity index (χ1) is 9.75. The Morgan fingerprint density at radius 2 is 2.00 bits per heavy atom. The molecule has 1 heterocycles. The summed E-state index contributed by atoms with van der Waals surface area (Å²) in [6.45, 7) is 6.62. The summed E-state index contributed by atoms with van der Waals surface area (Å²) in [5.41, 5.74) is 0. The second-order valence-corrected chi connectivity index (χ2v) is 6.55. The van der Waals surface area contributed by atoms with E-state index >= 15 is 0 Å². The Kier molecular flexibility index (Phi) is 6.58. The number of aromatic nitrogens is 1. The highest BCUT2D eigenvalue weighted by molar-refractivity contribution is 5.02. The normalized spacial score (nSPS) is 17.6. The molecule has 0 radical (unpaired) electrons. The molecule has 1 aliphatic carbocycles. The highest BCUT2D eigenvalue weighted by Crippen LogP contribution is 2.31. The quantitative estimate of drug-likeness (QED) is 0.597. The lowest BCUT2D eigenvalue weighted by atomic mass is 9.98. The SMILES string of the molecule is CC(C)CNCCCc1ncc(C2CCCCCC2)o1. The molecule has 1 aliphatic rings. The van der Waals surface area contributed by atoms with Crippen LogP contribution in [-0.2, 0) is 6.42 Å². The van der Waals surface area contributed by atoms with Gasteiger partial charge in [0.15, 0.2) is 5.89 Å². The van der Waals surface area contributed by atoms with Crippen molar-refractivity contribution in [1.29, 1.82) is 0 Å². The number of rotatable bonds is 7.